The maximum absolute atomic E-state index is 12.6. The van der Waals surface area contributed by atoms with Gasteiger partial charge in [0, 0.05) is 11.1 Å². The molecule has 1 atom stereocenters. The summed E-state index contributed by atoms with van der Waals surface area (Å²) in [6, 6.07) is 13.9. The lowest BCUT2D eigenvalue weighted by Crippen LogP contribution is -2.32. The van der Waals surface area contributed by atoms with E-state index in [1.54, 1.807) is 6.92 Å². The topological polar surface area (TPSA) is 101 Å². The van der Waals surface area contributed by atoms with Crippen molar-refractivity contribution >= 4 is 55.6 Å². The highest BCUT2D eigenvalue weighted by atomic mass is 35.5. The molecule has 158 valence electrons. The van der Waals surface area contributed by atoms with Gasteiger partial charge in [0.05, 0.1) is 10.6 Å². The van der Waals surface area contributed by atoms with Crippen LogP contribution in [0, 0.1) is 0 Å². The van der Waals surface area contributed by atoms with Crippen molar-refractivity contribution in [1.29, 1.82) is 0 Å². The predicted octanol–water partition coefficient (Wildman–Crippen LogP) is 4.40. The molecule has 1 aromatic heterocycles. The van der Waals surface area contributed by atoms with Crippen molar-refractivity contribution in [2.75, 3.05) is 5.32 Å². The molecule has 0 aliphatic heterocycles. The van der Waals surface area contributed by atoms with Crippen molar-refractivity contribution in [2.24, 2.45) is 0 Å². The number of nitrogens with zero attached hydrogens (tertiary/aromatic N) is 2. The lowest BCUT2D eigenvalue weighted by atomic mass is 10.1. The van der Waals surface area contributed by atoms with Crippen LogP contribution in [0.4, 0.5) is 5.13 Å². The average Bonchev–Trinajstić information content (AvgIpc) is 3.16. The number of anilines is 1. The summed E-state index contributed by atoms with van der Waals surface area (Å²) < 4.78 is 27.5. The summed E-state index contributed by atoms with van der Waals surface area (Å²) in [5, 5.41) is 10.5. The van der Waals surface area contributed by atoms with Crippen LogP contribution in [0.25, 0.3) is 0 Å². The molecular formula is C19H18Cl2N4O3S2. The van der Waals surface area contributed by atoms with E-state index in [1.165, 1.54) is 18.2 Å². The van der Waals surface area contributed by atoms with Crippen molar-refractivity contribution in [2.45, 2.75) is 30.1 Å². The Kier molecular flexibility index (Phi) is 7.43. The van der Waals surface area contributed by atoms with Gasteiger partial charge in [-0.15, -0.1) is 10.2 Å². The molecule has 0 saturated heterocycles. The van der Waals surface area contributed by atoms with Crippen molar-refractivity contribution in [3.05, 3.63) is 69.7 Å². The Morgan fingerprint density at radius 2 is 1.87 bits per heavy atom. The van der Waals surface area contributed by atoms with Crippen molar-refractivity contribution in [3.8, 4) is 0 Å². The van der Waals surface area contributed by atoms with E-state index < -0.39 is 15.9 Å². The van der Waals surface area contributed by atoms with Crippen LogP contribution in [0.2, 0.25) is 10.0 Å². The molecule has 2 N–H and O–H groups in total. The van der Waals surface area contributed by atoms with Crippen LogP contribution in [-0.4, -0.2) is 30.6 Å². The van der Waals surface area contributed by atoms with Gasteiger partial charge in [-0.2, -0.15) is 0 Å². The molecule has 3 aromatic rings. The maximum Gasteiger partial charge on any atom is 0.270 e. The highest BCUT2D eigenvalue weighted by Gasteiger charge is 2.23. The monoisotopic (exact) mass is 484 g/mol. The van der Waals surface area contributed by atoms with E-state index in [2.05, 4.69) is 20.2 Å². The third kappa shape index (κ3) is 5.99. The van der Waals surface area contributed by atoms with Crippen LogP contribution in [0.5, 0.6) is 0 Å². The lowest BCUT2D eigenvalue weighted by molar-refractivity contribution is 0.102. The molecule has 7 nitrogen and oxygen atoms in total. The first-order chi connectivity index (χ1) is 14.2. The fourth-order valence-electron chi connectivity index (χ4n) is 2.61. The highest BCUT2D eigenvalue weighted by molar-refractivity contribution is 7.91. The van der Waals surface area contributed by atoms with Crippen molar-refractivity contribution < 1.29 is 13.2 Å². The summed E-state index contributed by atoms with van der Waals surface area (Å²) in [5.41, 5.74) is 1.32. The van der Waals surface area contributed by atoms with E-state index in [9.17, 15) is 13.2 Å². The number of benzene rings is 2. The number of halogens is 2. The van der Waals surface area contributed by atoms with Crippen molar-refractivity contribution in [3.63, 3.8) is 0 Å². The van der Waals surface area contributed by atoms with E-state index in [4.69, 9.17) is 23.2 Å². The number of hydrogen-bond donors (Lipinski definition) is 2. The average molecular weight is 485 g/mol. The number of carbonyl (C=O) groups excluding carboxylic acids is 1. The minimum atomic E-state index is -3.86. The molecule has 1 heterocycles. The minimum Gasteiger partial charge on any atom is -0.296 e. The first-order valence-electron chi connectivity index (χ1n) is 8.91. The fraction of sp³-hybridized carbons (Fsp3) is 0.211. The molecule has 0 aliphatic carbocycles. The molecule has 2 aromatic carbocycles. The van der Waals surface area contributed by atoms with Gasteiger partial charge in [0.25, 0.3) is 15.9 Å². The first kappa shape index (κ1) is 22.6. The zero-order valence-corrected chi connectivity index (χ0v) is 18.9. The molecule has 11 heteroatoms. The standard InChI is InChI=1S/C19H18Cl2N4O3S2/c1-12(7-8-13-5-3-2-4-6-13)25-30(27,28)19-24-23-18(29-19)22-17(26)15-10-9-14(20)11-16(15)21/h2-6,9-12,25H,7-8H2,1H3,(H,22,23,26). The Morgan fingerprint density at radius 3 is 2.57 bits per heavy atom. The normalized spacial score (nSPS) is 12.5. The van der Waals surface area contributed by atoms with Crippen LogP contribution in [0.15, 0.2) is 52.9 Å². The Labute approximate surface area is 188 Å². The van der Waals surface area contributed by atoms with E-state index >= 15 is 0 Å². The number of aromatic nitrogens is 2. The smallest absolute Gasteiger partial charge is 0.270 e. The molecule has 1 unspecified atom stereocenters. The molecule has 0 aliphatic rings. The first-order valence-corrected chi connectivity index (χ1v) is 12.0. The second kappa shape index (κ2) is 9.84. The molecule has 0 radical (unpaired) electrons. The van der Waals surface area contributed by atoms with Crippen LogP contribution < -0.4 is 10.0 Å². The molecule has 3 rings (SSSR count). The van der Waals surface area contributed by atoms with Gasteiger partial charge in [0.2, 0.25) is 9.47 Å². The van der Waals surface area contributed by atoms with Gasteiger partial charge < -0.3 is 0 Å². The third-order valence-electron chi connectivity index (χ3n) is 4.10. The molecule has 30 heavy (non-hydrogen) atoms. The molecule has 1 amide bonds. The van der Waals surface area contributed by atoms with E-state index in [1.807, 2.05) is 30.3 Å². The Hall–Kier alpha value is -2.04. The van der Waals surface area contributed by atoms with Gasteiger partial charge in [-0.25, -0.2) is 13.1 Å². The van der Waals surface area contributed by atoms with Gasteiger partial charge >= 0.3 is 0 Å². The quantitative estimate of drug-likeness (QED) is 0.461. The van der Waals surface area contributed by atoms with Crippen LogP contribution in [0.3, 0.4) is 0 Å². The summed E-state index contributed by atoms with van der Waals surface area (Å²) in [7, 11) is -3.86. The van der Waals surface area contributed by atoms with Gasteiger partial charge in [-0.1, -0.05) is 64.9 Å². The number of aryl methyl sites for hydroxylation is 1. The Morgan fingerprint density at radius 1 is 1.13 bits per heavy atom. The fourth-order valence-corrected chi connectivity index (χ4v) is 5.29. The van der Waals surface area contributed by atoms with Crippen LogP contribution in [0.1, 0.15) is 29.3 Å². The number of nitrogens with one attached hydrogen (secondary N) is 2. The predicted molar refractivity (Wildman–Crippen MR) is 119 cm³/mol. The Bertz CT molecular complexity index is 1140. The second-order valence-corrected chi connectivity index (χ2v) is 10.2. The highest BCUT2D eigenvalue weighted by Crippen LogP contribution is 2.24. The van der Waals surface area contributed by atoms with Gasteiger partial charge in [0.1, 0.15) is 0 Å². The molecular weight excluding hydrogens is 467 g/mol. The van der Waals surface area contributed by atoms with Crippen LogP contribution >= 0.6 is 34.5 Å². The zero-order valence-electron chi connectivity index (χ0n) is 15.8. The summed E-state index contributed by atoms with van der Waals surface area (Å²) >= 11 is 12.6. The summed E-state index contributed by atoms with van der Waals surface area (Å²) in [4.78, 5) is 12.3. The number of carbonyl (C=O) groups is 1. The molecule has 0 bridgehead atoms. The number of rotatable bonds is 8. The SMILES string of the molecule is CC(CCc1ccccc1)NS(=O)(=O)c1nnc(NC(=O)c2ccc(Cl)cc2Cl)s1. The third-order valence-corrected chi connectivity index (χ3v) is 7.44. The zero-order chi connectivity index (χ0) is 21.7. The molecule has 0 spiro atoms. The Balaban J connectivity index is 1.61. The van der Waals surface area contributed by atoms with E-state index in [-0.39, 0.29) is 26.1 Å². The summed E-state index contributed by atoms with van der Waals surface area (Å²) in [5.74, 6) is -0.541. The maximum atomic E-state index is 12.6. The van der Waals surface area contributed by atoms with E-state index in [0.29, 0.717) is 11.4 Å². The minimum absolute atomic E-state index is 0.0448. The van der Waals surface area contributed by atoms with Crippen LogP contribution in [-0.2, 0) is 16.4 Å². The summed E-state index contributed by atoms with van der Waals surface area (Å²) in [6.45, 7) is 1.78. The number of amides is 1. The largest absolute Gasteiger partial charge is 0.296 e. The summed E-state index contributed by atoms with van der Waals surface area (Å²) in [6.07, 6.45) is 1.37. The van der Waals surface area contributed by atoms with Crippen molar-refractivity contribution in [1.82, 2.24) is 14.9 Å². The lowest BCUT2D eigenvalue weighted by Gasteiger charge is -2.12. The number of hydrogen-bond acceptors (Lipinski definition) is 6. The molecule has 0 fully saturated rings. The number of sulfonamides is 1. The van der Waals surface area contributed by atoms with Gasteiger partial charge in [-0.05, 0) is 43.5 Å². The van der Waals surface area contributed by atoms with E-state index in [0.717, 1.165) is 23.3 Å². The second-order valence-electron chi connectivity index (χ2n) is 6.50. The molecule has 0 saturated carbocycles. The van der Waals surface area contributed by atoms with Gasteiger partial charge in [0.15, 0.2) is 0 Å². The van der Waals surface area contributed by atoms with Gasteiger partial charge in [-0.3, -0.25) is 10.1 Å².